The molecule has 0 radical (unpaired) electrons. The van der Waals surface area contributed by atoms with Gasteiger partial charge in [0.1, 0.15) is 12.4 Å². The summed E-state index contributed by atoms with van der Waals surface area (Å²) in [5, 5.41) is 14.3. The van der Waals surface area contributed by atoms with Gasteiger partial charge in [-0.15, -0.1) is 17.5 Å². The molecule has 33 heavy (non-hydrogen) atoms. The lowest BCUT2D eigenvalue weighted by Crippen LogP contribution is -2.28. The minimum Gasteiger partial charge on any atom is -0.488 e. The van der Waals surface area contributed by atoms with Gasteiger partial charge < -0.3 is 9.64 Å². The molecule has 170 valence electrons. The first-order chi connectivity index (χ1) is 15.7. The molecule has 1 aliphatic heterocycles. The van der Waals surface area contributed by atoms with Gasteiger partial charge in [-0.3, -0.25) is 4.98 Å². The largest absolute Gasteiger partial charge is 0.488 e. The van der Waals surface area contributed by atoms with Crippen LogP contribution in [0.4, 0.5) is 0 Å². The molecule has 0 saturated carbocycles. The first-order valence-electron chi connectivity index (χ1n) is 11.0. The van der Waals surface area contributed by atoms with Crippen LogP contribution in [0.2, 0.25) is 0 Å². The zero-order valence-corrected chi connectivity index (χ0v) is 19.6. The van der Waals surface area contributed by atoms with Gasteiger partial charge in [0.05, 0.1) is 5.69 Å². The van der Waals surface area contributed by atoms with Crippen molar-refractivity contribution in [3.63, 3.8) is 0 Å². The van der Waals surface area contributed by atoms with Crippen LogP contribution in [0.1, 0.15) is 29.4 Å². The maximum atomic E-state index is 6.31. The van der Waals surface area contributed by atoms with Crippen molar-refractivity contribution in [3.05, 3.63) is 77.1 Å². The van der Waals surface area contributed by atoms with Gasteiger partial charge in [-0.05, 0) is 40.6 Å². The molecule has 3 heterocycles. The van der Waals surface area contributed by atoms with Crippen LogP contribution in [0, 0.1) is 0 Å². The highest BCUT2D eigenvalue weighted by atomic mass is 35.5. The third-order valence-electron chi connectivity index (χ3n) is 5.93. The van der Waals surface area contributed by atoms with Gasteiger partial charge in [0.15, 0.2) is 5.82 Å². The summed E-state index contributed by atoms with van der Waals surface area (Å²) in [5.41, 5.74) is 7.79. The third-order valence-corrected chi connectivity index (χ3v) is 5.93. The number of fused-ring (bicyclic) bond motifs is 1. The van der Waals surface area contributed by atoms with Crippen molar-refractivity contribution in [2.45, 2.75) is 32.9 Å². The van der Waals surface area contributed by atoms with E-state index in [1.54, 1.807) is 0 Å². The molecule has 7 nitrogen and oxygen atoms in total. The highest BCUT2D eigenvalue weighted by Gasteiger charge is 2.20. The van der Waals surface area contributed by atoms with E-state index >= 15 is 0 Å². The molecule has 0 atom stereocenters. The first-order valence-corrected chi connectivity index (χ1v) is 11.0. The Balaban J connectivity index is 0.00000259. The van der Waals surface area contributed by atoms with Gasteiger partial charge in [-0.1, -0.05) is 55.5 Å². The summed E-state index contributed by atoms with van der Waals surface area (Å²) in [6.07, 6.45) is 1.89. The second kappa shape index (κ2) is 10.1. The average Bonchev–Trinajstić information content (AvgIpc) is 3.38. The predicted octanol–water partition coefficient (Wildman–Crippen LogP) is 4.48. The molecule has 2 aromatic heterocycles. The highest BCUT2D eigenvalue weighted by Crippen LogP contribution is 2.31. The summed E-state index contributed by atoms with van der Waals surface area (Å²) < 4.78 is 6.31. The number of nitrogens with one attached hydrogen (secondary N) is 1. The van der Waals surface area contributed by atoms with E-state index in [1.807, 2.05) is 18.2 Å². The van der Waals surface area contributed by atoms with Crippen LogP contribution >= 0.6 is 12.4 Å². The number of rotatable bonds is 6. The lowest BCUT2D eigenvalue weighted by Gasteiger charge is -2.26. The van der Waals surface area contributed by atoms with Crippen molar-refractivity contribution < 1.29 is 4.74 Å². The van der Waals surface area contributed by atoms with Crippen LogP contribution in [0.15, 0.2) is 54.6 Å². The van der Waals surface area contributed by atoms with Gasteiger partial charge in [-0.25, -0.2) is 5.10 Å². The van der Waals surface area contributed by atoms with Crippen LogP contribution in [0.5, 0.6) is 5.75 Å². The minimum absolute atomic E-state index is 0. The second-order valence-electron chi connectivity index (χ2n) is 8.16. The first kappa shape index (κ1) is 22.9. The minimum atomic E-state index is 0. The van der Waals surface area contributed by atoms with E-state index < -0.39 is 0 Å². The van der Waals surface area contributed by atoms with Crippen molar-refractivity contribution in [1.29, 1.82) is 0 Å². The maximum Gasteiger partial charge on any atom is 0.180 e. The van der Waals surface area contributed by atoms with Crippen molar-refractivity contribution in [2.75, 3.05) is 13.6 Å². The molecule has 0 saturated heterocycles. The molecule has 5 rings (SSSR count). The van der Waals surface area contributed by atoms with Gasteiger partial charge in [0.25, 0.3) is 0 Å². The number of pyridine rings is 1. The van der Waals surface area contributed by atoms with Gasteiger partial charge in [-0.2, -0.15) is 0 Å². The van der Waals surface area contributed by atoms with E-state index in [4.69, 9.17) is 9.72 Å². The number of ether oxygens (including phenoxy) is 1. The molecule has 8 heteroatoms. The molecule has 4 aromatic rings. The fourth-order valence-corrected chi connectivity index (χ4v) is 4.14. The number of hydrogen-bond donors (Lipinski definition) is 1. The molecule has 0 unspecified atom stereocenters. The smallest absolute Gasteiger partial charge is 0.180 e. The van der Waals surface area contributed by atoms with E-state index in [9.17, 15) is 0 Å². The lowest BCUT2D eigenvalue weighted by molar-refractivity contribution is 0.272. The fourth-order valence-electron chi connectivity index (χ4n) is 4.14. The lowest BCUT2D eigenvalue weighted by atomic mass is 9.98. The molecule has 0 aliphatic carbocycles. The van der Waals surface area contributed by atoms with Crippen LogP contribution in [-0.2, 0) is 26.0 Å². The highest BCUT2D eigenvalue weighted by molar-refractivity contribution is 5.85. The molecule has 0 bridgehead atoms. The van der Waals surface area contributed by atoms with Crippen LogP contribution in [0.25, 0.3) is 22.5 Å². The number of aromatic nitrogens is 5. The number of benzene rings is 2. The predicted molar refractivity (Wildman–Crippen MR) is 130 cm³/mol. The fraction of sp³-hybridized carbons (Fsp3) is 0.280. The quantitative estimate of drug-likeness (QED) is 0.455. The number of nitrogens with zero attached hydrogens (tertiary/aromatic N) is 5. The summed E-state index contributed by atoms with van der Waals surface area (Å²) in [6.45, 7) is 4.59. The molecule has 0 spiro atoms. The Morgan fingerprint density at radius 2 is 1.85 bits per heavy atom. The summed E-state index contributed by atoms with van der Waals surface area (Å²) in [5.74, 6) is 1.62. The van der Waals surface area contributed by atoms with Gasteiger partial charge in [0, 0.05) is 42.4 Å². The average molecular weight is 463 g/mol. The molecule has 1 N–H and O–H groups in total. The van der Waals surface area contributed by atoms with E-state index in [1.165, 1.54) is 11.3 Å². The number of halogens is 1. The Morgan fingerprint density at radius 3 is 2.58 bits per heavy atom. The Hall–Kier alpha value is -3.29. The van der Waals surface area contributed by atoms with Crippen LogP contribution in [-0.4, -0.2) is 44.1 Å². The van der Waals surface area contributed by atoms with Crippen molar-refractivity contribution in [3.8, 4) is 28.3 Å². The molecule has 2 aromatic carbocycles. The Labute approximate surface area is 199 Å². The SMILES string of the molecule is CCc1cc(OCc2ccc(-c3ccccc3-c3nnn[nH]3)cc2)c2c(n1)CCN(C)C2.Cl. The summed E-state index contributed by atoms with van der Waals surface area (Å²) in [7, 11) is 2.14. The van der Waals surface area contributed by atoms with Gasteiger partial charge >= 0.3 is 0 Å². The summed E-state index contributed by atoms with van der Waals surface area (Å²) in [6, 6.07) is 18.7. The number of tetrazole rings is 1. The molecule has 0 fully saturated rings. The number of hydrogen-bond acceptors (Lipinski definition) is 6. The number of aryl methyl sites for hydroxylation is 1. The number of likely N-dealkylation sites (N-methyl/N-ethyl adjacent to an activating group) is 1. The number of H-pyrrole nitrogens is 1. The Bertz CT molecular complexity index is 1210. The monoisotopic (exact) mass is 462 g/mol. The van der Waals surface area contributed by atoms with E-state index in [0.717, 1.165) is 59.6 Å². The molecule has 1 aliphatic rings. The number of aromatic amines is 1. The summed E-state index contributed by atoms with van der Waals surface area (Å²) >= 11 is 0. The second-order valence-corrected chi connectivity index (χ2v) is 8.16. The molecule has 0 amide bonds. The Kier molecular flexibility index (Phi) is 7.01. The topological polar surface area (TPSA) is 79.8 Å². The van der Waals surface area contributed by atoms with E-state index in [-0.39, 0.29) is 12.4 Å². The molecular weight excluding hydrogens is 436 g/mol. The van der Waals surface area contributed by atoms with E-state index in [0.29, 0.717) is 12.4 Å². The maximum absolute atomic E-state index is 6.31. The summed E-state index contributed by atoms with van der Waals surface area (Å²) in [4.78, 5) is 7.15. The standard InChI is InChI=1S/C25H26N6O.ClH/c1-3-19-14-24(22-15-31(2)13-12-23(22)26-19)32-16-17-8-10-18(11-9-17)20-6-4-5-7-21(20)25-27-29-30-28-25;/h4-11,14H,3,12-13,15-16H2,1-2H3,(H,27,28,29,30);1H. The van der Waals surface area contributed by atoms with Crippen molar-refractivity contribution >= 4 is 12.4 Å². The van der Waals surface area contributed by atoms with Gasteiger partial charge in [0.2, 0.25) is 0 Å². The van der Waals surface area contributed by atoms with Crippen molar-refractivity contribution in [2.24, 2.45) is 0 Å². The normalized spacial score (nSPS) is 13.3. The van der Waals surface area contributed by atoms with E-state index in [2.05, 4.69) is 75.9 Å². The molecular formula is C25H27ClN6O. The Morgan fingerprint density at radius 1 is 1.06 bits per heavy atom. The zero-order valence-electron chi connectivity index (χ0n) is 18.8. The third kappa shape index (κ3) is 4.89. The van der Waals surface area contributed by atoms with Crippen molar-refractivity contribution in [1.82, 2.24) is 30.5 Å². The zero-order chi connectivity index (χ0) is 21.9. The van der Waals surface area contributed by atoms with Crippen LogP contribution < -0.4 is 4.74 Å². The van der Waals surface area contributed by atoms with Crippen LogP contribution in [0.3, 0.4) is 0 Å².